The summed E-state index contributed by atoms with van der Waals surface area (Å²) in [7, 11) is 3.88. The molecule has 1 aromatic carbocycles. The highest BCUT2D eigenvalue weighted by Crippen LogP contribution is 2.18. The van der Waals surface area contributed by atoms with Gasteiger partial charge in [0.25, 0.3) is 5.91 Å². The van der Waals surface area contributed by atoms with Crippen molar-refractivity contribution >= 4 is 34.0 Å². The van der Waals surface area contributed by atoms with E-state index in [4.69, 9.17) is 4.74 Å². The molecular weight excluding hydrogens is 314 g/mol. The fourth-order valence-corrected chi connectivity index (χ4v) is 2.59. The first-order valence-corrected chi connectivity index (χ1v) is 8.06. The molecule has 1 heterocycles. The van der Waals surface area contributed by atoms with Crippen molar-refractivity contribution in [2.45, 2.75) is 13.3 Å². The highest BCUT2D eigenvalue weighted by molar-refractivity contribution is 7.14. The number of carbonyl (C=O) groups excluding carboxylic acids is 2. The van der Waals surface area contributed by atoms with E-state index in [2.05, 4.69) is 10.3 Å². The Kier molecular flexibility index (Phi) is 5.70. The van der Waals surface area contributed by atoms with Gasteiger partial charge in [-0.15, -0.1) is 11.3 Å². The second kappa shape index (κ2) is 7.73. The van der Waals surface area contributed by atoms with Crippen LogP contribution in [-0.2, 0) is 16.0 Å². The van der Waals surface area contributed by atoms with Crippen molar-refractivity contribution in [3.8, 4) is 0 Å². The Morgan fingerprint density at radius 2 is 1.96 bits per heavy atom. The number of thiazole rings is 1. The number of amides is 1. The summed E-state index contributed by atoms with van der Waals surface area (Å²) in [6, 6.07) is 7.28. The summed E-state index contributed by atoms with van der Waals surface area (Å²) in [5, 5.41) is 4.94. The monoisotopic (exact) mass is 333 g/mol. The number of nitrogens with one attached hydrogen (secondary N) is 1. The van der Waals surface area contributed by atoms with Crippen molar-refractivity contribution in [2.75, 3.05) is 30.9 Å². The molecular formula is C16H19N3O3S. The first-order chi connectivity index (χ1) is 11.0. The Bertz CT molecular complexity index is 680. The third-order valence-electron chi connectivity index (χ3n) is 3.05. The van der Waals surface area contributed by atoms with Crippen LogP contribution >= 0.6 is 11.3 Å². The summed E-state index contributed by atoms with van der Waals surface area (Å²) in [6.45, 7) is 2.10. The van der Waals surface area contributed by atoms with Gasteiger partial charge in [-0.3, -0.25) is 14.9 Å². The second-order valence-corrected chi connectivity index (χ2v) is 5.88. The Balaban J connectivity index is 1.97. The first-order valence-electron chi connectivity index (χ1n) is 7.18. The number of esters is 1. The minimum absolute atomic E-state index is 0.109. The van der Waals surface area contributed by atoms with E-state index in [0.29, 0.717) is 23.0 Å². The first kappa shape index (κ1) is 17.0. The van der Waals surface area contributed by atoms with Crippen molar-refractivity contribution in [1.29, 1.82) is 0 Å². The zero-order valence-electron chi connectivity index (χ0n) is 13.3. The van der Waals surface area contributed by atoms with E-state index in [1.165, 1.54) is 11.3 Å². The van der Waals surface area contributed by atoms with Crippen LogP contribution in [0.1, 0.15) is 23.0 Å². The number of hydrogen-bond acceptors (Lipinski definition) is 6. The van der Waals surface area contributed by atoms with Gasteiger partial charge in [-0.25, -0.2) is 4.98 Å². The molecule has 1 aromatic heterocycles. The van der Waals surface area contributed by atoms with Crippen LogP contribution in [0.4, 0.5) is 10.8 Å². The van der Waals surface area contributed by atoms with E-state index in [1.807, 2.05) is 31.1 Å². The largest absolute Gasteiger partial charge is 0.466 e. The summed E-state index contributed by atoms with van der Waals surface area (Å²) in [5.74, 6) is -0.553. The van der Waals surface area contributed by atoms with Gasteiger partial charge in [-0.2, -0.15) is 0 Å². The molecule has 0 atom stereocenters. The van der Waals surface area contributed by atoms with Crippen molar-refractivity contribution in [2.24, 2.45) is 0 Å². The molecule has 7 heteroatoms. The van der Waals surface area contributed by atoms with E-state index in [1.54, 1.807) is 24.4 Å². The lowest BCUT2D eigenvalue weighted by Gasteiger charge is -2.12. The molecule has 122 valence electrons. The Labute approximate surface area is 139 Å². The van der Waals surface area contributed by atoms with E-state index in [9.17, 15) is 9.59 Å². The van der Waals surface area contributed by atoms with Crippen LogP contribution < -0.4 is 10.2 Å². The zero-order valence-corrected chi connectivity index (χ0v) is 14.1. The molecule has 0 aliphatic carbocycles. The third-order valence-corrected chi connectivity index (χ3v) is 3.86. The smallest absolute Gasteiger partial charge is 0.311 e. The highest BCUT2D eigenvalue weighted by Gasteiger charge is 2.11. The van der Waals surface area contributed by atoms with Gasteiger partial charge >= 0.3 is 5.97 Å². The van der Waals surface area contributed by atoms with E-state index in [0.717, 1.165) is 5.69 Å². The number of carbonyl (C=O) groups is 2. The van der Waals surface area contributed by atoms with Gasteiger partial charge in [0.2, 0.25) is 0 Å². The normalized spacial score (nSPS) is 10.2. The van der Waals surface area contributed by atoms with Gasteiger partial charge in [0, 0.05) is 30.7 Å². The number of ether oxygens (including phenoxy) is 1. The quantitative estimate of drug-likeness (QED) is 0.823. The summed E-state index contributed by atoms with van der Waals surface area (Å²) >= 11 is 1.28. The zero-order chi connectivity index (χ0) is 16.8. The summed E-state index contributed by atoms with van der Waals surface area (Å²) < 4.78 is 4.87. The predicted molar refractivity (Wildman–Crippen MR) is 91.2 cm³/mol. The van der Waals surface area contributed by atoms with Crippen LogP contribution in [0.5, 0.6) is 0 Å². The SMILES string of the molecule is CCOC(=O)Cc1csc(NC(=O)c2ccc(N(C)C)cc2)n1. The molecule has 1 N–H and O–H groups in total. The standard InChI is InChI=1S/C16H19N3O3S/c1-4-22-14(20)9-12-10-23-16(17-12)18-15(21)11-5-7-13(8-6-11)19(2)3/h5-8,10H,4,9H2,1-3H3,(H,17,18,21). The molecule has 6 nitrogen and oxygen atoms in total. The molecule has 0 unspecified atom stereocenters. The lowest BCUT2D eigenvalue weighted by atomic mass is 10.2. The number of benzene rings is 1. The molecule has 2 rings (SSSR count). The molecule has 23 heavy (non-hydrogen) atoms. The van der Waals surface area contributed by atoms with Gasteiger partial charge in [0.1, 0.15) is 0 Å². The number of aromatic nitrogens is 1. The minimum atomic E-state index is -0.324. The second-order valence-electron chi connectivity index (χ2n) is 5.02. The Hall–Kier alpha value is -2.41. The van der Waals surface area contributed by atoms with Gasteiger partial charge in [0.05, 0.1) is 18.7 Å². The van der Waals surface area contributed by atoms with E-state index in [-0.39, 0.29) is 18.3 Å². The summed E-state index contributed by atoms with van der Waals surface area (Å²) in [5.41, 5.74) is 2.16. The van der Waals surface area contributed by atoms with Crippen LogP contribution in [0.3, 0.4) is 0 Å². The average molecular weight is 333 g/mol. The molecule has 0 spiro atoms. The van der Waals surface area contributed by atoms with Gasteiger partial charge in [0.15, 0.2) is 5.13 Å². The number of rotatable bonds is 6. The van der Waals surface area contributed by atoms with Crippen molar-refractivity contribution in [3.63, 3.8) is 0 Å². The lowest BCUT2D eigenvalue weighted by Crippen LogP contribution is -2.13. The number of hydrogen-bond donors (Lipinski definition) is 1. The topological polar surface area (TPSA) is 71.5 Å². The van der Waals surface area contributed by atoms with Crippen molar-refractivity contribution < 1.29 is 14.3 Å². The van der Waals surface area contributed by atoms with Crippen LogP contribution in [0.2, 0.25) is 0 Å². The maximum absolute atomic E-state index is 12.2. The fourth-order valence-electron chi connectivity index (χ4n) is 1.89. The maximum atomic E-state index is 12.2. The average Bonchev–Trinajstić information content (AvgIpc) is 2.94. The lowest BCUT2D eigenvalue weighted by molar-refractivity contribution is -0.142. The molecule has 0 aliphatic heterocycles. The molecule has 1 amide bonds. The van der Waals surface area contributed by atoms with E-state index < -0.39 is 0 Å². The van der Waals surface area contributed by atoms with Crippen molar-refractivity contribution in [3.05, 3.63) is 40.9 Å². The third kappa shape index (κ3) is 4.79. The van der Waals surface area contributed by atoms with Crippen LogP contribution in [0.25, 0.3) is 0 Å². The fraction of sp³-hybridized carbons (Fsp3) is 0.312. The highest BCUT2D eigenvalue weighted by atomic mass is 32.1. The van der Waals surface area contributed by atoms with Gasteiger partial charge < -0.3 is 9.64 Å². The van der Waals surface area contributed by atoms with Crippen LogP contribution in [0.15, 0.2) is 29.6 Å². The van der Waals surface area contributed by atoms with E-state index >= 15 is 0 Å². The number of anilines is 2. The molecule has 0 saturated heterocycles. The molecule has 0 bridgehead atoms. The summed E-state index contributed by atoms with van der Waals surface area (Å²) in [6.07, 6.45) is 0.109. The molecule has 2 aromatic rings. The van der Waals surface area contributed by atoms with Crippen LogP contribution in [-0.4, -0.2) is 37.6 Å². The molecule has 0 radical (unpaired) electrons. The summed E-state index contributed by atoms with van der Waals surface area (Å²) in [4.78, 5) is 29.8. The molecule has 0 fully saturated rings. The van der Waals surface area contributed by atoms with Gasteiger partial charge in [-0.1, -0.05) is 0 Å². The molecule has 0 saturated carbocycles. The predicted octanol–water partition coefficient (Wildman–Crippen LogP) is 2.57. The Morgan fingerprint density at radius 1 is 1.26 bits per heavy atom. The van der Waals surface area contributed by atoms with Gasteiger partial charge in [-0.05, 0) is 31.2 Å². The van der Waals surface area contributed by atoms with Crippen LogP contribution in [0, 0.1) is 0 Å². The van der Waals surface area contributed by atoms with Crippen molar-refractivity contribution in [1.82, 2.24) is 4.98 Å². The number of nitrogens with zero attached hydrogens (tertiary/aromatic N) is 2. The molecule has 0 aliphatic rings. The minimum Gasteiger partial charge on any atom is -0.466 e. The maximum Gasteiger partial charge on any atom is 0.311 e. The Morgan fingerprint density at radius 3 is 2.57 bits per heavy atom.